The van der Waals surface area contributed by atoms with Crippen molar-refractivity contribution in [1.29, 1.82) is 0 Å². The maximum absolute atomic E-state index is 14.1. The van der Waals surface area contributed by atoms with E-state index in [1.54, 1.807) is 31.2 Å². The van der Waals surface area contributed by atoms with Crippen molar-refractivity contribution in [2.75, 3.05) is 6.61 Å². The van der Waals surface area contributed by atoms with Crippen molar-refractivity contribution in [1.82, 2.24) is 0 Å². The minimum atomic E-state index is -1.66. The molecule has 0 amide bonds. The molecule has 0 aliphatic rings. The number of hydrogen-bond donors (Lipinski definition) is 0. The third-order valence-electron chi connectivity index (χ3n) is 2.16. The summed E-state index contributed by atoms with van der Waals surface area (Å²) in [6, 6.07) is 8.68. The molecule has 3 heteroatoms. The number of esters is 1. The average Bonchev–Trinajstić information content (AvgIpc) is 2.28. The van der Waals surface area contributed by atoms with Crippen LogP contribution in [0.3, 0.4) is 0 Å². The lowest BCUT2D eigenvalue weighted by atomic mass is 9.97. The van der Waals surface area contributed by atoms with Crippen molar-refractivity contribution in [2.45, 2.75) is 19.5 Å². The number of hydrogen-bond acceptors (Lipinski definition) is 2. The lowest BCUT2D eigenvalue weighted by molar-refractivity contribution is -0.137. The number of rotatable bonds is 4. The Balaban J connectivity index is 2.76. The molecular weight excluding hydrogens is 207 g/mol. The van der Waals surface area contributed by atoms with Crippen LogP contribution in [0.15, 0.2) is 42.5 Å². The van der Waals surface area contributed by atoms with Gasteiger partial charge in [0.2, 0.25) is 0 Å². The highest BCUT2D eigenvalue weighted by Gasteiger charge is 2.21. The van der Waals surface area contributed by atoms with Gasteiger partial charge < -0.3 is 4.74 Å². The van der Waals surface area contributed by atoms with E-state index in [4.69, 9.17) is 0 Å². The largest absolute Gasteiger partial charge is 0.463 e. The Labute approximate surface area is 94.7 Å². The lowest BCUT2D eigenvalue weighted by Gasteiger charge is -2.15. The van der Waals surface area contributed by atoms with Crippen molar-refractivity contribution in [3.63, 3.8) is 0 Å². The second-order valence-corrected chi connectivity index (χ2v) is 3.53. The molecule has 86 valence electrons. The number of benzene rings is 1. The van der Waals surface area contributed by atoms with Crippen molar-refractivity contribution in [2.24, 2.45) is 0 Å². The molecule has 0 saturated carbocycles. The molecule has 0 saturated heterocycles. The number of halogens is 1. The second-order valence-electron chi connectivity index (χ2n) is 3.53. The van der Waals surface area contributed by atoms with Crippen molar-refractivity contribution in [3.05, 3.63) is 48.0 Å². The van der Waals surface area contributed by atoms with Crippen LogP contribution in [-0.4, -0.2) is 12.6 Å². The Morgan fingerprint density at radius 3 is 2.62 bits per heavy atom. The summed E-state index contributed by atoms with van der Waals surface area (Å²) in [5.41, 5.74) is -1.15. The van der Waals surface area contributed by atoms with E-state index in [9.17, 15) is 9.18 Å². The van der Waals surface area contributed by atoms with Crippen LogP contribution in [0.25, 0.3) is 0 Å². The molecule has 0 fully saturated rings. The molecule has 1 aromatic carbocycles. The number of carbonyl (C=O) groups excluding carboxylic acids is 1. The Kier molecular flexibility index (Phi) is 4.23. The van der Waals surface area contributed by atoms with Gasteiger partial charge in [0.25, 0.3) is 0 Å². The fourth-order valence-corrected chi connectivity index (χ4v) is 1.28. The van der Waals surface area contributed by atoms with E-state index in [0.717, 1.165) is 6.08 Å². The van der Waals surface area contributed by atoms with E-state index in [1.807, 2.05) is 6.07 Å². The van der Waals surface area contributed by atoms with Crippen LogP contribution in [0.5, 0.6) is 0 Å². The zero-order chi connectivity index (χ0) is 12.0. The summed E-state index contributed by atoms with van der Waals surface area (Å²) in [7, 11) is 0. The van der Waals surface area contributed by atoms with E-state index in [-0.39, 0.29) is 6.61 Å². The summed E-state index contributed by atoms with van der Waals surface area (Å²) >= 11 is 0. The van der Waals surface area contributed by atoms with Crippen LogP contribution in [0.1, 0.15) is 19.4 Å². The van der Waals surface area contributed by atoms with E-state index in [2.05, 4.69) is 4.74 Å². The topological polar surface area (TPSA) is 26.3 Å². The maximum atomic E-state index is 14.1. The minimum Gasteiger partial charge on any atom is -0.463 e. The predicted octanol–water partition coefficient (Wildman–Crippen LogP) is 2.99. The second kappa shape index (κ2) is 5.45. The van der Waals surface area contributed by atoms with Crippen LogP contribution in [0.4, 0.5) is 4.39 Å². The van der Waals surface area contributed by atoms with Crippen LogP contribution in [-0.2, 0) is 15.2 Å². The van der Waals surface area contributed by atoms with Gasteiger partial charge in [0.1, 0.15) is 0 Å². The Morgan fingerprint density at radius 2 is 2.06 bits per heavy atom. The Hall–Kier alpha value is -1.64. The SMILES string of the molecule is CCOC(=O)C=CC(C)(F)c1ccccc1. The molecule has 0 N–H and O–H groups in total. The van der Waals surface area contributed by atoms with E-state index < -0.39 is 11.6 Å². The fraction of sp³-hybridized carbons (Fsp3) is 0.308. The summed E-state index contributed by atoms with van der Waals surface area (Å²) < 4.78 is 18.8. The summed E-state index contributed by atoms with van der Waals surface area (Å²) in [6.07, 6.45) is 2.33. The molecule has 0 aliphatic carbocycles. The third-order valence-corrected chi connectivity index (χ3v) is 2.16. The molecule has 1 rings (SSSR count). The molecule has 1 unspecified atom stereocenters. The molecule has 0 aromatic heterocycles. The predicted molar refractivity (Wildman–Crippen MR) is 60.7 cm³/mol. The van der Waals surface area contributed by atoms with Gasteiger partial charge in [-0.15, -0.1) is 0 Å². The van der Waals surface area contributed by atoms with Gasteiger partial charge in [-0.05, 0) is 25.5 Å². The van der Waals surface area contributed by atoms with Gasteiger partial charge in [-0.3, -0.25) is 0 Å². The first-order chi connectivity index (χ1) is 7.56. The molecule has 0 aliphatic heterocycles. The first-order valence-corrected chi connectivity index (χ1v) is 5.16. The summed E-state index contributed by atoms with van der Waals surface area (Å²) in [5.74, 6) is -0.526. The van der Waals surface area contributed by atoms with E-state index in [1.165, 1.54) is 13.0 Å². The first kappa shape index (κ1) is 12.4. The van der Waals surface area contributed by atoms with Crippen LogP contribution in [0.2, 0.25) is 0 Å². The van der Waals surface area contributed by atoms with Crippen molar-refractivity contribution >= 4 is 5.97 Å². The highest BCUT2D eigenvalue weighted by molar-refractivity contribution is 5.82. The summed E-state index contributed by atoms with van der Waals surface area (Å²) in [5, 5.41) is 0. The molecule has 2 nitrogen and oxygen atoms in total. The fourth-order valence-electron chi connectivity index (χ4n) is 1.28. The smallest absolute Gasteiger partial charge is 0.330 e. The standard InChI is InChI=1S/C13H15FO2/c1-3-16-12(15)9-10-13(2,14)11-7-5-4-6-8-11/h4-10H,3H2,1-2H3. The summed E-state index contributed by atoms with van der Waals surface area (Å²) in [6.45, 7) is 3.40. The number of allylic oxidation sites excluding steroid dienone is 1. The van der Waals surface area contributed by atoms with Gasteiger partial charge in [0.05, 0.1) is 6.61 Å². The third kappa shape index (κ3) is 3.50. The average molecular weight is 222 g/mol. The van der Waals surface area contributed by atoms with Crippen molar-refractivity contribution in [3.8, 4) is 0 Å². The van der Waals surface area contributed by atoms with Gasteiger partial charge in [-0.25, -0.2) is 9.18 Å². The van der Waals surface area contributed by atoms with Gasteiger partial charge in [0, 0.05) is 6.08 Å². The Morgan fingerprint density at radius 1 is 1.44 bits per heavy atom. The molecule has 0 heterocycles. The monoisotopic (exact) mass is 222 g/mol. The normalized spacial score (nSPS) is 14.7. The molecule has 0 radical (unpaired) electrons. The quantitative estimate of drug-likeness (QED) is 0.578. The zero-order valence-corrected chi connectivity index (χ0v) is 9.44. The highest BCUT2D eigenvalue weighted by Crippen LogP contribution is 2.26. The highest BCUT2D eigenvalue weighted by atomic mass is 19.1. The molecule has 1 aromatic rings. The first-order valence-electron chi connectivity index (χ1n) is 5.16. The zero-order valence-electron chi connectivity index (χ0n) is 9.44. The maximum Gasteiger partial charge on any atom is 0.330 e. The summed E-state index contributed by atoms with van der Waals surface area (Å²) in [4.78, 5) is 11.0. The van der Waals surface area contributed by atoms with Gasteiger partial charge in [-0.2, -0.15) is 0 Å². The van der Waals surface area contributed by atoms with Gasteiger partial charge >= 0.3 is 5.97 Å². The molecule has 16 heavy (non-hydrogen) atoms. The molecular formula is C13H15FO2. The molecule has 0 spiro atoms. The molecule has 0 bridgehead atoms. The van der Waals surface area contributed by atoms with Crippen LogP contribution >= 0.6 is 0 Å². The van der Waals surface area contributed by atoms with E-state index in [0.29, 0.717) is 5.56 Å². The number of alkyl halides is 1. The minimum absolute atomic E-state index is 0.289. The van der Waals surface area contributed by atoms with E-state index >= 15 is 0 Å². The number of carbonyl (C=O) groups is 1. The van der Waals surface area contributed by atoms with Crippen LogP contribution in [0, 0.1) is 0 Å². The lowest BCUT2D eigenvalue weighted by Crippen LogP contribution is -2.12. The van der Waals surface area contributed by atoms with Crippen molar-refractivity contribution < 1.29 is 13.9 Å². The molecule has 1 atom stereocenters. The van der Waals surface area contributed by atoms with Gasteiger partial charge in [0.15, 0.2) is 5.67 Å². The van der Waals surface area contributed by atoms with Gasteiger partial charge in [-0.1, -0.05) is 30.3 Å². The Bertz CT molecular complexity index is 369. The number of ether oxygens (including phenoxy) is 1. The van der Waals surface area contributed by atoms with Crippen LogP contribution < -0.4 is 0 Å².